The Kier molecular flexibility index (Phi) is 8.54. The summed E-state index contributed by atoms with van der Waals surface area (Å²) in [5.41, 5.74) is 8.10. The van der Waals surface area contributed by atoms with Crippen molar-refractivity contribution >= 4 is 24.5 Å². The van der Waals surface area contributed by atoms with Crippen molar-refractivity contribution < 1.29 is 23.3 Å². The third-order valence-corrected chi connectivity index (χ3v) is 8.25. The molecule has 2 aromatic carbocycles. The zero-order valence-electron chi connectivity index (χ0n) is 21.9. The summed E-state index contributed by atoms with van der Waals surface area (Å²) in [6, 6.07) is 18.6. The minimum Gasteiger partial charge on any atom is -0.431 e. The molecule has 5 rings (SSSR count). The van der Waals surface area contributed by atoms with Gasteiger partial charge in [0.1, 0.15) is 23.9 Å². The van der Waals surface area contributed by atoms with Gasteiger partial charge in [-0.25, -0.2) is 20.0 Å². The van der Waals surface area contributed by atoms with Crippen molar-refractivity contribution in [3.8, 4) is 5.75 Å². The number of hydrogen-bond acceptors (Lipinski definition) is 9. The van der Waals surface area contributed by atoms with Crippen LogP contribution >= 0.6 is 7.52 Å². The summed E-state index contributed by atoms with van der Waals surface area (Å²) >= 11 is 0. The van der Waals surface area contributed by atoms with Crippen molar-refractivity contribution in [2.24, 2.45) is 0 Å². The molecule has 3 heterocycles. The number of nitrogen functional groups attached to an aromatic ring is 1. The average Bonchev–Trinajstić information content (AvgIpc) is 3.63. The minimum atomic E-state index is -3.63. The summed E-state index contributed by atoms with van der Waals surface area (Å²) in [6.45, 7) is 5.28. The summed E-state index contributed by atoms with van der Waals surface area (Å²) in [5.74, 6) is 0.686. The Morgan fingerprint density at radius 3 is 2.46 bits per heavy atom. The van der Waals surface area contributed by atoms with Gasteiger partial charge in [0.2, 0.25) is 0 Å². The Hall–Kier alpha value is -3.34. The topological polar surface area (TPSA) is 136 Å². The normalized spacial score (nSPS) is 18.0. The smallest absolute Gasteiger partial charge is 0.342 e. The molecule has 4 atom stereocenters. The summed E-state index contributed by atoms with van der Waals surface area (Å²) in [4.78, 5) is 12.6. The maximum Gasteiger partial charge on any atom is 0.342 e. The molecular weight excluding hydrogens is 519 g/mol. The highest BCUT2D eigenvalue weighted by Gasteiger charge is 2.39. The highest BCUT2D eigenvalue weighted by Crippen LogP contribution is 2.46. The third-order valence-electron chi connectivity index (χ3n) is 6.56. The van der Waals surface area contributed by atoms with E-state index in [1.54, 1.807) is 18.5 Å². The van der Waals surface area contributed by atoms with Gasteiger partial charge in [0.25, 0.3) is 0 Å². The van der Waals surface area contributed by atoms with E-state index < -0.39 is 19.9 Å². The Balaban J connectivity index is 1.35. The molecule has 206 valence electrons. The molecule has 0 amide bonds. The van der Waals surface area contributed by atoms with Crippen LogP contribution in [0.3, 0.4) is 0 Å². The van der Waals surface area contributed by atoms with Crippen molar-refractivity contribution in [3.63, 3.8) is 0 Å². The molecule has 4 aromatic rings. The van der Waals surface area contributed by atoms with Crippen LogP contribution < -0.4 is 15.3 Å². The highest BCUT2D eigenvalue weighted by molar-refractivity contribution is 7.57. The molecule has 1 fully saturated rings. The fourth-order valence-electron chi connectivity index (χ4n) is 4.51. The lowest BCUT2D eigenvalue weighted by atomic mass is 9.93. The van der Waals surface area contributed by atoms with Crippen LogP contribution in [0.15, 0.2) is 73.3 Å². The Labute approximate surface area is 227 Å². The summed E-state index contributed by atoms with van der Waals surface area (Å²) in [7, 11) is -3.63. The van der Waals surface area contributed by atoms with Gasteiger partial charge in [-0.05, 0) is 24.6 Å². The number of anilines is 1. The van der Waals surface area contributed by atoms with Crippen molar-refractivity contribution in [2.45, 2.75) is 44.7 Å². The second-order valence-corrected chi connectivity index (χ2v) is 11.5. The quantitative estimate of drug-likeness (QED) is 0.246. The second-order valence-electron chi connectivity index (χ2n) is 9.48. The number of nitrogens with two attached hydrogens (primary N) is 1. The van der Waals surface area contributed by atoms with E-state index in [9.17, 15) is 4.57 Å². The maximum atomic E-state index is 14.4. The predicted molar refractivity (Wildman–Crippen MR) is 147 cm³/mol. The number of rotatable bonds is 12. The van der Waals surface area contributed by atoms with Crippen LogP contribution in [0.1, 0.15) is 25.3 Å². The minimum absolute atomic E-state index is 0.0955. The van der Waals surface area contributed by atoms with Gasteiger partial charge >= 0.3 is 7.52 Å². The number of fused-ring (bicyclic) bond motifs is 1. The molecule has 3 N–H and O–H groups in total. The first-order valence-electron chi connectivity index (χ1n) is 12.8. The molecule has 0 spiro atoms. The molecule has 2 unspecified atom stereocenters. The van der Waals surface area contributed by atoms with E-state index in [4.69, 9.17) is 24.5 Å². The lowest BCUT2D eigenvalue weighted by molar-refractivity contribution is -0.0680. The van der Waals surface area contributed by atoms with Gasteiger partial charge in [-0.15, -0.1) is 0 Å². The van der Waals surface area contributed by atoms with Crippen molar-refractivity contribution in [2.75, 3.05) is 25.3 Å². The van der Waals surface area contributed by atoms with Crippen molar-refractivity contribution in [3.05, 3.63) is 78.9 Å². The Morgan fingerprint density at radius 2 is 1.74 bits per heavy atom. The number of aromatic nitrogens is 4. The number of benzene rings is 2. The third kappa shape index (κ3) is 6.63. The lowest BCUT2D eigenvalue weighted by Crippen LogP contribution is -2.44. The lowest BCUT2D eigenvalue weighted by Gasteiger charge is -2.33. The van der Waals surface area contributed by atoms with Gasteiger partial charge in [0.15, 0.2) is 17.8 Å². The molecule has 0 radical (unpaired) electrons. The van der Waals surface area contributed by atoms with E-state index in [0.29, 0.717) is 42.5 Å². The number of imidazole rings is 1. The predicted octanol–water partition coefficient (Wildman–Crippen LogP) is 4.18. The van der Waals surface area contributed by atoms with E-state index in [1.165, 1.54) is 6.33 Å². The van der Waals surface area contributed by atoms with Crippen LogP contribution in [0.2, 0.25) is 0 Å². The zero-order chi connectivity index (χ0) is 27.2. The molecule has 1 aliphatic rings. The number of ether oxygens (including phenoxy) is 3. The number of nitrogens with zero attached hydrogens (tertiary/aromatic N) is 4. The molecule has 1 aliphatic heterocycles. The van der Waals surface area contributed by atoms with Gasteiger partial charge < -0.3 is 29.0 Å². The first-order valence-corrected chi connectivity index (χ1v) is 14.7. The molecule has 11 nitrogen and oxygen atoms in total. The van der Waals surface area contributed by atoms with Gasteiger partial charge in [0.05, 0.1) is 38.2 Å². The molecular formula is C27H33N6O5P. The van der Waals surface area contributed by atoms with Gasteiger partial charge in [0, 0.05) is 5.92 Å². The monoisotopic (exact) mass is 552 g/mol. The fourth-order valence-corrected chi connectivity index (χ4v) is 6.40. The molecule has 2 aromatic heterocycles. The number of para-hydroxylation sites is 1. The van der Waals surface area contributed by atoms with Crippen LogP contribution in [0.25, 0.3) is 11.2 Å². The zero-order valence-corrected chi connectivity index (χ0v) is 22.8. The van der Waals surface area contributed by atoms with E-state index in [0.717, 1.165) is 5.56 Å². The first kappa shape index (κ1) is 27.2. The summed E-state index contributed by atoms with van der Waals surface area (Å²) in [6.07, 6.45) is 1.91. The molecule has 39 heavy (non-hydrogen) atoms. The van der Waals surface area contributed by atoms with Crippen LogP contribution in [0.5, 0.6) is 5.75 Å². The summed E-state index contributed by atoms with van der Waals surface area (Å²) in [5, 5.41) is 3.27. The standard InChI is InChI=1S/C27H33N6O5P/c1-19(15-33-17-31-24-25(28)29-16-30-26(24)33)37-18-39(34,38-22-11-7-4-8-12-22)32-23(27-35-13-14-36-27)20(2)21-9-5-3-6-10-21/h3-12,16-17,19-20,23,27H,13-15,18H2,1-2H3,(H,32,34)(H2,28,29,30)/t19-,20?,23+,39?/m1/s1. The van der Waals surface area contributed by atoms with Crippen LogP contribution in [0.4, 0.5) is 5.82 Å². The van der Waals surface area contributed by atoms with Crippen LogP contribution in [-0.2, 0) is 25.3 Å². The molecule has 1 saturated heterocycles. The van der Waals surface area contributed by atoms with Crippen molar-refractivity contribution in [1.29, 1.82) is 0 Å². The van der Waals surface area contributed by atoms with E-state index in [2.05, 4.69) is 20.0 Å². The molecule has 0 bridgehead atoms. The molecule has 12 heteroatoms. The van der Waals surface area contributed by atoms with E-state index in [1.807, 2.05) is 66.9 Å². The van der Waals surface area contributed by atoms with Gasteiger partial charge in [-0.1, -0.05) is 55.5 Å². The van der Waals surface area contributed by atoms with E-state index >= 15 is 0 Å². The fraction of sp³-hybridized carbons (Fsp3) is 0.370. The van der Waals surface area contributed by atoms with Gasteiger partial charge in [-0.2, -0.15) is 0 Å². The van der Waals surface area contributed by atoms with Gasteiger partial charge in [-0.3, -0.25) is 4.57 Å². The summed E-state index contributed by atoms with van der Waals surface area (Å²) < 4.78 is 40.2. The van der Waals surface area contributed by atoms with E-state index in [-0.39, 0.29) is 18.4 Å². The number of nitrogens with one attached hydrogen (secondary N) is 1. The van der Waals surface area contributed by atoms with Crippen LogP contribution in [0, 0.1) is 0 Å². The number of hydrogen-bond donors (Lipinski definition) is 2. The second kappa shape index (κ2) is 12.2. The maximum absolute atomic E-state index is 14.4. The van der Waals surface area contributed by atoms with Crippen molar-refractivity contribution in [1.82, 2.24) is 24.6 Å². The Bertz CT molecular complexity index is 1400. The largest absolute Gasteiger partial charge is 0.431 e. The Morgan fingerprint density at radius 1 is 1.05 bits per heavy atom. The molecule has 0 saturated carbocycles. The molecule has 0 aliphatic carbocycles. The average molecular weight is 553 g/mol. The highest BCUT2D eigenvalue weighted by atomic mass is 31.2. The van der Waals surface area contributed by atoms with Crippen LogP contribution in [-0.4, -0.2) is 57.5 Å². The SMILES string of the molecule is CC(c1ccccc1)[C@H](NP(=O)(CO[C@H](C)Cn1cnc2c(N)ncnc21)Oc1ccccc1)C1OCCO1. The first-order chi connectivity index (χ1) is 18.9.